The summed E-state index contributed by atoms with van der Waals surface area (Å²) in [5.41, 5.74) is 1.65. The Hall–Kier alpha value is -1.28. The number of aliphatic hydroxyl groups excluding tert-OH is 1. The highest BCUT2D eigenvalue weighted by Crippen LogP contribution is 2.36. The summed E-state index contributed by atoms with van der Waals surface area (Å²) in [6, 6.07) is 14.8. The van der Waals surface area contributed by atoms with Gasteiger partial charge in [-0.15, -0.1) is 6.58 Å². The van der Waals surface area contributed by atoms with Crippen LogP contribution in [0.5, 0.6) is 0 Å². The lowest BCUT2D eigenvalue weighted by Gasteiger charge is -2.21. The quantitative estimate of drug-likeness (QED) is 0.787. The van der Waals surface area contributed by atoms with E-state index in [9.17, 15) is 5.11 Å². The van der Waals surface area contributed by atoms with Crippen molar-refractivity contribution in [2.75, 3.05) is 0 Å². The maximum Gasteiger partial charge on any atom is 0.0907 e. The van der Waals surface area contributed by atoms with Crippen molar-refractivity contribution >= 4 is 23.2 Å². The van der Waals surface area contributed by atoms with Gasteiger partial charge in [0.2, 0.25) is 0 Å². The molecule has 0 radical (unpaired) electrons. The predicted molar refractivity (Wildman–Crippen MR) is 80.8 cm³/mol. The maximum atomic E-state index is 10.5. The molecule has 2 rings (SSSR count). The van der Waals surface area contributed by atoms with Gasteiger partial charge in [0, 0.05) is 21.5 Å². The Labute approximate surface area is 123 Å². The van der Waals surface area contributed by atoms with Gasteiger partial charge in [0.1, 0.15) is 0 Å². The van der Waals surface area contributed by atoms with E-state index in [1.54, 1.807) is 24.3 Å². The van der Waals surface area contributed by atoms with E-state index in [0.717, 1.165) is 5.56 Å². The van der Waals surface area contributed by atoms with Gasteiger partial charge in [0.25, 0.3) is 0 Å². The lowest BCUT2D eigenvalue weighted by Crippen LogP contribution is -2.09. The summed E-state index contributed by atoms with van der Waals surface area (Å²) in [4.78, 5) is 0. The zero-order valence-electron chi connectivity index (χ0n) is 10.3. The molecule has 0 unspecified atom stereocenters. The van der Waals surface area contributed by atoms with Crippen LogP contribution in [-0.2, 0) is 0 Å². The molecule has 0 saturated carbocycles. The number of rotatable bonds is 4. The minimum Gasteiger partial charge on any atom is -0.387 e. The van der Waals surface area contributed by atoms with E-state index >= 15 is 0 Å². The molecule has 0 saturated heterocycles. The van der Waals surface area contributed by atoms with Crippen LogP contribution in [0.4, 0.5) is 0 Å². The van der Waals surface area contributed by atoms with Crippen LogP contribution >= 0.6 is 23.2 Å². The fourth-order valence-electron chi connectivity index (χ4n) is 2.06. The van der Waals surface area contributed by atoms with Crippen LogP contribution in [0.2, 0.25) is 10.0 Å². The molecule has 3 heteroatoms. The van der Waals surface area contributed by atoms with Gasteiger partial charge in [-0.3, -0.25) is 0 Å². The minimum absolute atomic E-state index is 0.208. The number of aliphatic hydroxyl groups is 1. The van der Waals surface area contributed by atoms with Crippen molar-refractivity contribution in [1.29, 1.82) is 0 Å². The van der Waals surface area contributed by atoms with Crippen molar-refractivity contribution in [2.24, 2.45) is 0 Å². The number of hydrogen-bond donors (Lipinski definition) is 1. The van der Waals surface area contributed by atoms with Gasteiger partial charge in [0.05, 0.1) is 6.10 Å². The van der Waals surface area contributed by atoms with Crippen LogP contribution in [0, 0.1) is 0 Å². The summed E-state index contributed by atoms with van der Waals surface area (Å²) in [6.07, 6.45) is 0.981. The highest BCUT2D eigenvalue weighted by molar-refractivity contribution is 6.35. The Balaban J connectivity index is 2.36. The van der Waals surface area contributed by atoms with Crippen LogP contribution in [0.15, 0.2) is 61.2 Å². The van der Waals surface area contributed by atoms with Crippen molar-refractivity contribution in [3.63, 3.8) is 0 Å². The molecule has 0 aliphatic heterocycles. The van der Waals surface area contributed by atoms with Gasteiger partial charge < -0.3 is 5.11 Å². The normalized spacial score (nSPS) is 13.8. The molecule has 0 bridgehead atoms. The molecule has 1 nitrogen and oxygen atoms in total. The zero-order valence-corrected chi connectivity index (χ0v) is 11.8. The first-order valence-corrected chi connectivity index (χ1v) is 6.69. The summed E-state index contributed by atoms with van der Waals surface area (Å²) in [5, 5.41) is 11.5. The van der Waals surface area contributed by atoms with Crippen molar-refractivity contribution in [3.8, 4) is 0 Å². The van der Waals surface area contributed by atoms with E-state index in [1.165, 1.54) is 0 Å². The SMILES string of the molecule is C=C[C@@H](c1ccccc1)[C@H](O)c1ccc(Cl)cc1Cl. The Bertz CT molecular complexity index is 566. The van der Waals surface area contributed by atoms with Gasteiger partial charge in [-0.25, -0.2) is 0 Å². The van der Waals surface area contributed by atoms with Crippen molar-refractivity contribution in [1.82, 2.24) is 0 Å². The van der Waals surface area contributed by atoms with Crippen molar-refractivity contribution < 1.29 is 5.11 Å². The molecule has 0 aromatic heterocycles. The van der Waals surface area contributed by atoms with Gasteiger partial charge in [-0.05, 0) is 17.7 Å². The molecule has 2 atom stereocenters. The number of hydrogen-bond acceptors (Lipinski definition) is 1. The maximum absolute atomic E-state index is 10.5. The van der Waals surface area contributed by atoms with Gasteiger partial charge >= 0.3 is 0 Å². The van der Waals surface area contributed by atoms with Crippen LogP contribution in [0.1, 0.15) is 23.1 Å². The molecule has 0 fully saturated rings. The molecule has 0 aliphatic carbocycles. The minimum atomic E-state index is -0.746. The highest BCUT2D eigenvalue weighted by Gasteiger charge is 2.21. The van der Waals surface area contributed by atoms with Crippen molar-refractivity contribution in [3.05, 3.63) is 82.4 Å². The third-order valence-corrected chi connectivity index (χ3v) is 3.62. The molecule has 0 heterocycles. The van der Waals surface area contributed by atoms with Gasteiger partial charge in [0.15, 0.2) is 0 Å². The first-order valence-electron chi connectivity index (χ1n) is 5.94. The van der Waals surface area contributed by atoms with E-state index in [4.69, 9.17) is 23.2 Å². The Morgan fingerprint density at radius 2 is 1.74 bits per heavy atom. The first kappa shape index (κ1) is 14.1. The second kappa shape index (κ2) is 6.25. The highest BCUT2D eigenvalue weighted by atomic mass is 35.5. The smallest absolute Gasteiger partial charge is 0.0907 e. The summed E-state index contributed by atoms with van der Waals surface area (Å²) in [6.45, 7) is 3.80. The third-order valence-electron chi connectivity index (χ3n) is 3.06. The molecule has 2 aromatic rings. The summed E-state index contributed by atoms with van der Waals surface area (Å²) in [7, 11) is 0. The van der Waals surface area contributed by atoms with E-state index in [-0.39, 0.29) is 5.92 Å². The van der Waals surface area contributed by atoms with Crippen LogP contribution < -0.4 is 0 Å². The standard InChI is InChI=1S/C16H14Cl2O/c1-2-13(11-6-4-3-5-7-11)16(19)14-9-8-12(17)10-15(14)18/h2-10,13,16,19H,1H2/t13-,16-/m0/s1. The van der Waals surface area contributed by atoms with Gasteiger partial charge in [-0.1, -0.05) is 65.7 Å². The molecule has 0 aliphatic rings. The fourth-order valence-corrected chi connectivity index (χ4v) is 2.58. The van der Waals surface area contributed by atoms with Crippen LogP contribution in [-0.4, -0.2) is 5.11 Å². The Morgan fingerprint density at radius 3 is 2.32 bits per heavy atom. The number of benzene rings is 2. The average molecular weight is 293 g/mol. The lowest BCUT2D eigenvalue weighted by molar-refractivity contribution is 0.162. The zero-order chi connectivity index (χ0) is 13.8. The second-order valence-electron chi connectivity index (χ2n) is 4.28. The average Bonchev–Trinajstić information content (AvgIpc) is 2.40. The lowest BCUT2D eigenvalue weighted by atomic mass is 9.89. The molecular weight excluding hydrogens is 279 g/mol. The third kappa shape index (κ3) is 3.19. The van der Waals surface area contributed by atoms with E-state index < -0.39 is 6.10 Å². The van der Waals surface area contributed by atoms with E-state index in [2.05, 4.69) is 6.58 Å². The van der Waals surface area contributed by atoms with Crippen LogP contribution in [0.25, 0.3) is 0 Å². The van der Waals surface area contributed by atoms with Crippen LogP contribution in [0.3, 0.4) is 0 Å². The molecule has 2 aromatic carbocycles. The topological polar surface area (TPSA) is 20.2 Å². The molecule has 1 N–H and O–H groups in total. The monoisotopic (exact) mass is 292 g/mol. The fraction of sp³-hybridized carbons (Fsp3) is 0.125. The second-order valence-corrected chi connectivity index (χ2v) is 5.13. The largest absolute Gasteiger partial charge is 0.387 e. The van der Waals surface area contributed by atoms with Gasteiger partial charge in [-0.2, -0.15) is 0 Å². The molecule has 98 valence electrons. The van der Waals surface area contributed by atoms with Crippen molar-refractivity contribution in [2.45, 2.75) is 12.0 Å². The summed E-state index contributed by atoms with van der Waals surface area (Å²) < 4.78 is 0. The molecular formula is C16H14Cl2O. The Morgan fingerprint density at radius 1 is 1.05 bits per heavy atom. The Kier molecular flexibility index (Phi) is 4.65. The predicted octanol–water partition coefficient (Wildman–Crippen LogP) is 5.00. The van der Waals surface area contributed by atoms with E-state index in [1.807, 2.05) is 30.3 Å². The molecule has 0 amide bonds. The summed E-state index contributed by atoms with van der Waals surface area (Å²) >= 11 is 12.0. The van der Waals surface area contributed by atoms with E-state index in [0.29, 0.717) is 15.6 Å². The summed E-state index contributed by atoms with van der Waals surface area (Å²) in [5.74, 6) is -0.208. The first-order chi connectivity index (χ1) is 9.13. The molecule has 19 heavy (non-hydrogen) atoms. The molecule has 0 spiro atoms. The number of halogens is 2.